The second-order valence-electron chi connectivity index (χ2n) is 9.47. The van der Waals surface area contributed by atoms with Gasteiger partial charge in [-0.25, -0.2) is 0 Å². The van der Waals surface area contributed by atoms with E-state index >= 15 is 0 Å². The molecule has 0 aliphatic heterocycles. The fourth-order valence-electron chi connectivity index (χ4n) is 5.65. The third kappa shape index (κ3) is 3.04. The van der Waals surface area contributed by atoms with E-state index in [4.69, 9.17) is 5.11 Å². The van der Waals surface area contributed by atoms with E-state index in [1.807, 2.05) is 0 Å². The summed E-state index contributed by atoms with van der Waals surface area (Å²) in [6, 6.07) is 0. The second kappa shape index (κ2) is 6.86. The van der Waals surface area contributed by atoms with Crippen LogP contribution in [0, 0.1) is 28.6 Å². The SMILES string of the molecule is C[C@@H](CCO)CC[C@]1(C)[C@H]2C[C@H](O)[C@H](O)[C@@](C)(O)[C@]2(C)CC[C@@H]1C. The Bertz CT molecular complexity index is 437. The van der Waals surface area contributed by atoms with Crippen LogP contribution in [0.2, 0.25) is 0 Å². The molecular formula is C20H38O4. The van der Waals surface area contributed by atoms with Gasteiger partial charge in [0.05, 0.1) is 11.7 Å². The zero-order valence-corrected chi connectivity index (χ0v) is 16.1. The minimum absolute atomic E-state index is 0.0296. The average Bonchev–Trinajstić information content (AvgIpc) is 2.51. The molecule has 2 aliphatic rings. The van der Waals surface area contributed by atoms with Gasteiger partial charge in [-0.15, -0.1) is 0 Å². The van der Waals surface area contributed by atoms with E-state index in [1.54, 1.807) is 6.92 Å². The Morgan fingerprint density at radius 1 is 1.12 bits per heavy atom. The van der Waals surface area contributed by atoms with Gasteiger partial charge in [-0.3, -0.25) is 0 Å². The van der Waals surface area contributed by atoms with Crippen molar-refractivity contribution in [3.63, 3.8) is 0 Å². The van der Waals surface area contributed by atoms with E-state index in [-0.39, 0.29) is 23.4 Å². The van der Waals surface area contributed by atoms with Crippen LogP contribution in [0.25, 0.3) is 0 Å². The summed E-state index contributed by atoms with van der Waals surface area (Å²) < 4.78 is 0. The molecule has 2 saturated carbocycles. The largest absolute Gasteiger partial charge is 0.396 e. The first-order valence-corrected chi connectivity index (χ1v) is 9.70. The van der Waals surface area contributed by atoms with Gasteiger partial charge in [0.1, 0.15) is 6.10 Å². The van der Waals surface area contributed by atoms with Gasteiger partial charge in [0.2, 0.25) is 0 Å². The summed E-state index contributed by atoms with van der Waals surface area (Å²) in [4.78, 5) is 0. The first-order chi connectivity index (χ1) is 11.0. The lowest BCUT2D eigenvalue weighted by molar-refractivity contribution is -0.264. The number of fused-ring (bicyclic) bond motifs is 1. The molecule has 24 heavy (non-hydrogen) atoms. The monoisotopic (exact) mass is 342 g/mol. The fourth-order valence-corrected chi connectivity index (χ4v) is 5.65. The zero-order valence-electron chi connectivity index (χ0n) is 16.1. The summed E-state index contributed by atoms with van der Waals surface area (Å²) in [6.45, 7) is 10.8. The van der Waals surface area contributed by atoms with Crippen LogP contribution in [0.4, 0.5) is 0 Å². The predicted molar refractivity (Wildman–Crippen MR) is 95.5 cm³/mol. The van der Waals surface area contributed by atoms with Crippen molar-refractivity contribution in [2.45, 2.75) is 91.0 Å². The fraction of sp³-hybridized carbons (Fsp3) is 1.00. The number of hydrogen-bond donors (Lipinski definition) is 4. The van der Waals surface area contributed by atoms with Gasteiger partial charge < -0.3 is 20.4 Å². The molecule has 4 nitrogen and oxygen atoms in total. The Balaban J connectivity index is 2.30. The molecule has 0 amide bonds. The lowest BCUT2D eigenvalue weighted by atomic mass is 9.42. The van der Waals surface area contributed by atoms with Gasteiger partial charge in [0, 0.05) is 12.0 Å². The molecule has 2 fully saturated rings. The van der Waals surface area contributed by atoms with Crippen molar-refractivity contribution in [1.29, 1.82) is 0 Å². The molecule has 0 spiro atoms. The highest BCUT2D eigenvalue weighted by atomic mass is 16.4. The lowest BCUT2D eigenvalue weighted by Gasteiger charge is -2.64. The van der Waals surface area contributed by atoms with Crippen molar-refractivity contribution >= 4 is 0 Å². The van der Waals surface area contributed by atoms with E-state index in [1.165, 1.54) is 0 Å². The molecule has 4 N–H and O–H groups in total. The van der Waals surface area contributed by atoms with Crippen LogP contribution in [0.1, 0.15) is 73.1 Å². The van der Waals surface area contributed by atoms with Gasteiger partial charge in [0.25, 0.3) is 0 Å². The van der Waals surface area contributed by atoms with Crippen molar-refractivity contribution in [2.24, 2.45) is 28.6 Å². The van der Waals surface area contributed by atoms with Crippen molar-refractivity contribution in [2.75, 3.05) is 6.61 Å². The average molecular weight is 343 g/mol. The number of aliphatic hydroxyl groups excluding tert-OH is 3. The van der Waals surface area contributed by atoms with Crippen molar-refractivity contribution in [3.8, 4) is 0 Å². The van der Waals surface area contributed by atoms with E-state index in [2.05, 4.69) is 27.7 Å². The summed E-state index contributed by atoms with van der Waals surface area (Å²) in [5, 5.41) is 41.1. The molecule has 0 unspecified atom stereocenters. The third-order valence-electron chi connectivity index (χ3n) is 8.16. The molecule has 2 rings (SSSR count). The topological polar surface area (TPSA) is 80.9 Å². The molecule has 142 valence electrons. The molecule has 0 heterocycles. The first-order valence-electron chi connectivity index (χ1n) is 9.70. The number of hydrogen-bond acceptors (Lipinski definition) is 4. The van der Waals surface area contributed by atoms with Crippen LogP contribution in [-0.2, 0) is 0 Å². The molecule has 8 atom stereocenters. The molecule has 0 aromatic carbocycles. The summed E-state index contributed by atoms with van der Waals surface area (Å²) in [6.07, 6.45) is 3.45. The Morgan fingerprint density at radius 3 is 2.33 bits per heavy atom. The maximum Gasteiger partial charge on any atom is 0.109 e. The quantitative estimate of drug-likeness (QED) is 0.619. The van der Waals surface area contributed by atoms with Crippen LogP contribution in [-0.4, -0.2) is 44.8 Å². The Kier molecular flexibility index (Phi) is 5.76. The van der Waals surface area contributed by atoms with E-state index in [0.29, 0.717) is 18.3 Å². The van der Waals surface area contributed by atoms with E-state index < -0.39 is 17.8 Å². The van der Waals surface area contributed by atoms with Gasteiger partial charge in [-0.2, -0.15) is 0 Å². The smallest absolute Gasteiger partial charge is 0.109 e. The van der Waals surface area contributed by atoms with Crippen LogP contribution in [0.5, 0.6) is 0 Å². The van der Waals surface area contributed by atoms with E-state index in [9.17, 15) is 15.3 Å². The Morgan fingerprint density at radius 2 is 1.75 bits per heavy atom. The Labute approximate surface area is 147 Å². The van der Waals surface area contributed by atoms with Crippen molar-refractivity contribution < 1.29 is 20.4 Å². The molecule has 0 aromatic heterocycles. The summed E-state index contributed by atoms with van der Waals surface area (Å²) >= 11 is 0. The van der Waals surface area contributed by atoms with E-state index in [0.717, 1.165) is 32.1 Å². The highest BCUT2D eigenvalue weighted by Gasteiger charge is 2.64. The number of aliphatic hydroxyl groups is 4. The maximum atomic E-state index is 11.1. The first kappa shape index (κ1) is 20.2. The molecule has 0 radical (unpaired) electrons. The maximum absolute atomic E-state index is 11.1. The highest BCUT2D eigenvalue weighted by molar-refractivity contribution is 5.14. The van der Waals surface area contributed by atoms with Gasteiger partial charge in [0.15, 0.2) is 0 Å². The molecular weight excluding hydrogens is 304 g/mol. The van der Waals surface area contributed by atoms with Crippen LogP contribution in [0.15, 0.2) is 0 Å². The predicted octanol–water partition coefficient (Wildman–Crippen LogP) is 2.72. The minimum Gasteiger partial charge on any atom is -0.396 e. The third-order valence-corrected chi connectivity index (χ3v) is 8.16. The van der Waals surface area contributed by atoms with Crippen molar-refractivity contribution in [1.82, 2.24) is 0 Å². The van der Waals surface area contributed by atoms with Gasteiger partial charge in [-0.05, 0) is 62.2 Å². The zero-order chi connectivity index (χ0) is 18.3. The van der Waals surface area contributed by atoms with Crippen LogP contribution >= 0.6 is 0 Å². The highest BCUT2D eigenvalue weighted by Crippen LogP contribution is 2.64. The Hall–Kier alpha value is -0.160. The standard InChI is InChI=1S/C20H38O4/c1-13(8-11-21)6-9-18(3)14(2)7-10-19(4)16(18)12-15(22)17(23)20(19,5)24/h13-17,21-24H,6-12H2,1-5H3/t13-,14+,15+,16-,17+,18+,19-,20-/m1/s1. The normalized spacial score (nSPS) is 50.4. The molecule has 0 saturated heterocycles. The molecule has 4 heteroatoms. The van der Waals surface area contributed by atoms with Crippen LogP contribution in [0.3, 0.4) is 0 Å². The summed E-state index contributed by atoms with van der Waals surface area (Å²) in [5.41, 5.74) is -1.62. The lowest BCUT2D eigenvalue weighted by Crippen LogP contribution is -2.68. The minimum atomic E-state index is -1.27. The van der Waals surface area contributed by atoms with Gasteiger partial charge in [-0.1, -0.05) is 34.1 Å². The molecule has 0 aromatic rings. The summed E-state index contributed by atoms with van der Waals surface area (Å²) in [7, 11) is 0. The van der Waals surface area contributed by atoms with Gasteiger partial charge >= 0.3 is 0 Å². The molecule has 2 aliphatic carbocycles. The molecule has 0 bridgehead atoms. The second-order valence-corrected chi connectivity index (χ2v) is 9.47. The van der Waals surface area contributed by atoms with Crippen molar-refractivity contribution in [3.05, 3.63) is 0 Å². The number of rotatable bonds is 5. The van der Waals surface area contributed by atoms with Crippen LogP contribution < -0.4 is 0 Å². The summed E-state index contributed by atoms with van der Waals surface area (Å²) in [5.74, 6) is 1.19.